The van der Waals surface area contributed by atoms with Crippen LogP contribution in [0.15, 0.2) is 24.4 Å². The zero-order valence-corrected chi connectivity index (χ0v) is 10.3. The van der Waals surface area contributed by atoms with Gasteiger partial charge in [0.1, 0.15) is 12.4 Å². The number of hydrogen-bond acceptors (Lipinski definition) is 3. The molecule has 0 spiro atoms. The summed E-state index contributed by atoms with van der Waals surface area (Å²) in [5.74, 6) is 0.622. The van der Waals surface area contributed by atoms with Crippen LogP contribution in [0.25, 0.3) is 5.65 Å². The van der Waals surface area contributed by atoms with Crippen molar-refractivity contribution in [3.8, 4) is 0 Å². The van der Waals surface area contributed by atoms with Gasteiger partial charge in [-0.1, -0.05) is 6.07 Å². The van der Waals surface area contributed by atoms with Gasteiger partial charge >= 0.3 is 12.2 Å². The summed E-state index contributed by atoms with van der Waals surface area (Å²) >= 11 is 0. The van der Waals surface area contributed by atoms with E-state index in [9.17, 15) is 18.0 Å². The lowest BCUT2D eigenvalue weighted by molar-refractivity contribution is -0.122. The molecule has 0 saturated carbocycles. The van der Waals surface area contributed by atoms with Crippen molar-refractivity contribution in [3.05, 3.63) is 30.2 Å². The Labute approximate surface area is 112 Å². The van der Waals surface area contributed by atoms with Crippen LogP contribution < -0.4 is 10.6 Å². The number of amides is 2. The highest BCUT2D eigenvalue weighted by Gasteiger charge is 2.27. The van der Waals surface area contributed by atoms with Crippen LogP contribution in [-0.4, -0.2) is 39.9 Å². The average molecular weight is 287 g/mol. The Hall–Kier alpha value is -2.32. The maximum Gasteiger partial charge on any atom is 0.405 e. The van der Waals surface area contributed by atoms with Crippen LogP contribution in [0.3, 0.4) is 0 Å². The van der Waals surface area contributed by atoms with Crippen molar-refractivity contribution in [1.29, 1.82) is 0 Å². The van der Waals surface area contributed by atoms with Gasteiger partial charge in [0.25, 0.3) is 0 Å². The van der Waals surface area contributed by atoms with E-state index in [0.717, 1.165) is 0 Å². The molecule has 0 aliphatic heterocycles. The molecule has 2 rings (SSSR count). The number of carbonyl (C=O) groups is 1. The molecule has 2 aromatic heterocycles. The molecule has 0 bridgehead atoms. The summed E-state index contributed by atoms with van der Waals surface area (Å²) in [7, 11) is 0. The molecule has 6 nitrogen and oxygen atoms in total. The van der Waals surface area contributed by atoms with Crippen LogP contribution in [0.2, 0.25) is 0 Å². The van der Waals surface area contributed by atoms with E-state index < -0.39 is 18.8 Å². The lowest BCUT2D eigenvalue weighted by atomic mass is 10.4. The molecule has 0 radical (unpaired) electrons. The molecule has 0 aliphatic carbocycles. The Kier molecular flexibility index (Phi) is 4.06. The highest BCUT2D eigenvalue weighted by Crippen LogP contribution is 2.11. The van der Waals surface area contributed by atoms with Gasteiger partial charge in [-0.2, -0.15) is 13.2 Å². The highest BCUT2D eigenvalue weighted by atomic mass is 19.4. The van der Waals surface area contributed by atoms with Crippen molar-refractivity contribution in [2.24, 2.45) is 0 Å². The predicted molar refractivity (Wildman–Crippen MR) is 64.1 cm³/mol. The quantitative estimate of drug-likeness (QED) is 0.885. The molecule has 9 heteroatoms. The fourth-order valence-electron chi connectivity index (χ4n) is 1.59. The second-order valence-corrected chi connectivity index (χ2v) is 4.02. The van der Waals surface area contributed by atoms with E-state index in [2.05, 4.69) is 15.5 Å². The summed E-state index contributed by atoms with van der Waals surface area (Å²) in [5, 5.41) is 11.9. The molecule has 0 unspecified atom stereocenters. The first-order valence-corrected chi connectivity index (χ1v) is 5.83. The lowest BCUT2D eigenvalue weighted by Crippen LogP contribution is -2.41. The largest absolute Gasteiger partial charge is 0.405 e. The zero-order chi connectivity index (χ0) is 14.6. The fourth-order valence-corrected chi connectivity index (χ4v) is 1.59. The predicted octanol–water partition coefficient (Wildman–Crippen LogP) is 1.13. The number of rotatable bonds is 4. The van der Waals surface area contributed by atoms with Crippen molar-refractivity contribution in [3.63, 3.8) is 0 Å². The van der Waals surface area contributed by atoms with Crippen LogP contribution in [-0.2, 0) is 6.42 Å². The summed E-state index contributed by atoms with van der Waals surface area (Å²) in [5.41, 5.74) is 0.670. The SMILES string of the molecule is O=C(NCCc1nnc2ccccn12)NCC(F)(F)F. The molecule has 2 amide bonds. The van der Waals surface area contributed by atoms with Gasteiger partial charge in [-0.25, -0.2) is 4.79 Å². The molecule has 0 aliphatic rings. The number of pyridine rings is 1. The van der Waals surface area contributed by atoms with E-state index in [-0.39, 0.29) is 6.54 Å². The van der Waals surface area contributed by atoms with E-state index in [4.69, 9.17) is 0 Å². The second-order valence-electron chi connectivity index (χ2n) is 4.02. The minimum absolute atomic E-state index is 0.166. The molecule has 108 valence electrons. The average Bonchev–Trinajstić information content (AvgIpc) is 2.79. The van der Waals surface area contributed by atoms with Crippen LogP contribution in [0, 0.1) is 0 Å². The molecule has 0 aromatic carbocycles. The first-order valence-electron chi connectivity index (χ1n) is 5.83. The third-order valence-corrected chi connectivity index (χ3v) is 2.47. The van der Waals surface area contributed by atoms with Crippen LogP contribution in [0.1, 0.15) is 5.82 Å². The second kappa shape index (κ2) is 5.76. The molecular weight excluding hydrogens is 275 g/mol. The van der Waals surface area contributed by atoms with Gasteiger partial charge in [0, 0.05) is 19.2 Å². The monoisotopic (exact) mass is 287 g/mol. The number of hydrogen-bond donors (Lipinski definition) is 2. The maximum atomic E-state index is 11.9. The van der Waals surface area contributed by atoms with Gasteiger partial charge in [-0.3, -0.25) is 4.40 Å². The fraction of sp³-hybridized carbons (Fsp3) is 0.364. The summed E-state index contributed by atoms with van der Waals surface area (Å²) in [4.78, 5) is 11.1. The minimum atomic E-state index is -4.42. The third kappa shape index (κ3) is 3.84. The Morgan fingerprint density at radius 1 is 1.25 bits per heavy atom. The van der Waals surface area contributed by atoms with E-state index >= 15 is 0 Å². The van der Waals surface area contributed by atoms with Crippen molar-refractivity contribution < 1.29 is 18.0 Å². The third-order valence-electron chi connectivity index (χ3n) is 2.47. The summed E-state index contributed by atoms with van der Waals surface area (Å²) < 4.78 is 37.4. The molecule has 0 saturated heterocycles. The van der Waals surface area contributed by atoms with E-state index in [0.29, 0.717) is 17.9 Å². The topological polar surface area (TPSA) is 71.3 Å². The van der Waals surface area contributed by atoms with Crippen molar-refractivity contribution >= 4 is 11.7 Å². The molecule has 2 aromatic rings. The Morgan fingerprint density at radius 3 is 2.80 bits per heavy atom. The molecule has 2 N–H and O–H groups in total. The number of nitrogens with zero attached hydrogens (tertiary/aromatic N) is 3. The van der Waals surface area contributed by atoms with Gasteiger partial charge in [0.15, 0.2) is 5.65 Å². The van der Waals surface area contributed by atoms with Crippen molar-refractivity contribution in [2.45, 2.75) is 12.6 Å². The molecule has 2 heterocycles. The number of fused-ring (bicyclic) bond motifs is 1. The highest BCUT2D eigenvalue weighted by molar-refractivity contribution is 5.73. The van der Waals surface area contributed by atoms with Gasteiger partial charge < -0.3 is 10.6 Å². The Bertz CT molecular complexity index is 595. The van der Waals surface area contributed by atoms with Crippen molar-refractivity contribution in [2.75, 3.05) is 13.1 Å². The maximum absolute atomic E-state index is 11.9. The Morgan fingerprint density at radius 2 is 2.05 bits per heavy atom. The normalized spacial score (nSPS) is 11.6. The van der Waals surface area contributed by atoms with Gasteiger partial charge in [-0.05, 0) is 12.1 Å². The van der Waals surface area contributed by atoms with E-state index in [1.807, 2.05) is 12.1 Å². The number of aromatic nitrogens is 3. The number of alkyl halides is 3. The van der Waals surface area contributed by atoms with Crippen LogP contribution >= 0.6 is 0 Å². The zero-order valence-electron chi connectivity index (χ0n) is 10.3. The summed E-state index contributed by atoms with van der Waals surface area (Å²) in [6, 6.07) is 4.54. The van der Waals surface area contributed by atoms with Crippen LogP contribution in [0.5, 0.6) is 0 Å². The standard InChI is InChI=1S/C11H12F3N5O/c12-11(13,14)7-16-10(20)15-5-4-9-18-17-8-3-1-2-6-19(8)9/h1-3,6H,4-5,7H2,(H2,15,16,20). The van der Waals surface area contributed by atoms with Gasteiger partial charge in [0.05, 0.1) is 0 Å². The number of nitrogens with one attached hydrogen (secondary N) is 2. The van der Waals surface area contributed by atoms with Crippen LogP contribution in [0.4, 0.5) is 18.0 Å². The number of urea groups is 1. The molecule has 0 fully saturated rings. The Balaban J connectivity index is 1.80. The number of carbonyl (C=O) groups excluding carboxylic acids is 1. The summed E-state index contributed by atoms with van der Waals surface area (Å²) in [6.07, 6.45) is -2.28. The van der Waals surface area contributed by atoms with Gasteiger partial charge in [-0.15, -0.1) is 10.2 Å². The van der Waals surface area contributed by atoms with E-state index in [1.54, 1.807) is 22.0 Å². The smallest absolute Gasteiger partial charge is 0.338 e. The van der Waals surface area contributed by atoms with E-state index in [1.165, 1.54) is 0 Å². The van der Waals surface area contributed by atoms with Gasteiger partial charge in [0.2, 0.25) is 0 Å². The van der Waals surface area contributed by atoms with Crippen molar-refractivity contribution in [1.82, 2.24) is 25.2 Å². The molecular formula is C11H12F3N5O. The number of halogens is 3. The minimum Gasteiger partial charge on any atom is -0.338 e. The first kappa shape index (κ1) is 14.1. The molecule has 0 atom stereocenters. The molecule has 20 heavy (non-hydrogen) atoms. The first-order chi connectivity index (χ1) is 9.46. The summed E-state index contributed by atoms with van der Waals surface area (Å²) in [6.45, 7) is -1.19. The lowest BCUT2D eigenvalue weighted by Gasteiger charge is -2.09.